The number of halogens is 3. The highest BCUT2D eigenvalue weighted by molar-refractivity contribution is 7.89. The molecular weight excluding hydrogens is 363 g/mol. The second-order valence-electron chi connectivity index (χ2n) is 6.65. The van der Waals surface area contributed by atoms with Crippen molar-refractivity contribution in [3.63, 3.8) is 0 Å². The fourth-order valence-corrected chi connectivity index (χ4v) is 3.82. The second-order valence-corrected chi connectivity index (χ2v) is 8.22. The molecule has 0 amide bonds. The standard InChI is InChI=1S/C19H18F3NO2S/c20-11-19(12-21)9-17(13-1-5-15(22)6-2-13)18(10-19)14-3-7-16(8-4-14)26(23,24)25/h1-8H,9-12H2,(H2,23,24,25). The lowest BCUT2D eigenvalue weighted by Crippen LogP contribution is -2.22. The van der Waals surface area contributed by atoms with E-state index in [0.29, 0.717) is 11.1 Å². The fraction of sp³-hybridized carbons (Fsp3) is 0.263. The van der Waals surface area contributed by atoms with E-state index in [-0.39, 0.29) is 17.7 Å². The summed E-state index contributed by atoms with van der Waals surface area (Å²) < 4.78 is 63.2. The molecule has 1 aliphatic rings. The minimum Gasteiger partial charge on any atom is -0.250 e. The van der Waals surface area contributed by atoms with Gasteiger partial charge in [-0.2, -0.15) is 0 Å². The van der Waals surface area contributed by atoms with Crippen molar-refractivity contribution in [1.82, 2.24) is 0 Å². The molecule has 0 spiro atoms. The SMILES string of the molecule is NS(=O)(=O)c1ccc(C2=C(c3ccc(F)cc3)CC(CF)(CF)C2)cc1. The van der Waals surface area contributed by atoms with Crippen LogP contribution < -0.4 is 5.14 Å². The minimum atomic E-state index is -3.82. The van der Waals surface area contributed by atoms with Crippen LogP contribution in [0, 0.1) is 11.2 Å². The molecule has 0 saturated carbocycles. The number of alkyl halides is 2. The van der Waals surface area contributed by atoms with Crippen LogP contribution in [0.4, 0.5) is 13.2 Å². The Kier molecular flexibility index (Phi) is 4.94. The molecule has 2 N–H and O–H groups in total. The maximum atomic E-state index is 13.6. The molecule has 0 heterocycles. The highest BCUT2D eigenvalue weighted by Crippen LogP contribution is 2.50. The van der Waals surface area contributed by atoms with E-state index in [2.05, 4.69) is 0 Å². The van der Waals surface area contributed by atoms with E-state index in [1.807, 2.05) is 0 Å². The number of nitrogens with two attached hydrogens (primary N) is 1. The van der Waals surface area contributed by atoms with Gasteiger partial charge in [0.05, 0.1) is 18.2 Å². The largest absolute Gasteiger partial charge is 0.250 e. The Morgan fingerprint density at radius 1 is 0.846 bits per heavy atom. The van der Waals surface area contributed by atoms with Crippen molar-refractivity contribution in [2.45, 2.75) is 17.7 Å². The number of hydrogen-bond donors (Lipinski definition) is 1. The highest BCUT2D eigenvalue weighted by Gasteiger charge is 2.40. The van der Waals surface area contributed by atoms with Crippen molar-refractivity contribution in [2.24, 2.45) is 10.6 Å². The van der Waals surface area contributed by atoms with Gasteiger partial charge in [0, 0.05) is 5.41 Å². The molecule has 0 unspecified atom stereocenters. The summed E-state index contributed by atoms with van der Waals surface area (Å²) >= 11 is 0. The van der Waals surface area contributed by atoms with Gasteiger partial charge in [0.25, 0.3) is 0 Å². The summed E-state index contributed by atoms with van der Waals surface area (Å²) in [5.41, 5.74) is 1.69. The van der Waals surface area contributed by atoms with E-state index in [1.54, 1.807) is 24.3 Å². The Morgan fingerprint density at radius 2 is 1.27 bits per heavy atom. The lowest BCUT2D eigenvalue weighted by atomic mass is 9.85. The van der Waals surface area contributed by atoms with Crippen LogP contribution >= 0.6 is 0 Å². The predicted molar refractivity (Wildman–Crippen MR) is 94.6 cm³/mol. The van der Waals surface area contributed by atoms with Crippen LogP contribution in [0.2, 0.25) is 0 Å². The highest BCUT2D eigenvalue weighted by atomic mass is 32.2. The third-order valence-corrected chi connectivity index (χ3v) is 5.69. The number of rotatable bonds is 5. The predicted octanol–water partition coefficient (Wildman–Crippen LogP) is 4.10. The molecule has 2 aromatic carbocycles. The Hall–Kier alpha value is -2.12. The van der Waals surface area contributed by atoms with Gasteiger partial charge in [0.2, 0.25) is 10.0 Å². The molecule has 3 nitrogen and oxygen atoms in total. The van der Waals surface area contributed by atoms with Crippen molar-refractivity contribution in [3.05, 3.63) is 65.5 Å². The van der Waals surface area contributed by atoms with Crippen LogP contribution in [0.15, 0.2) is 53.4 Å². The van der Waals surface area contributed by atoms with Gasteiger partial charge >= 0.3 is 0 Å². The first-order valence-electron chi connectivity index (χ1n) is 8.01. The molecule has 0 saturated heterocycles. The normalized spacial score (nSPS) is 16.9. The van der Waals surface area contributed by atoms with Gasteiger partial charge in [-0.15, -0.1) is 0 Å². The Balaban J connectivity index is 2.09. The molecule has 138 valence electrons. The Bertz CT molecular complexity index is 932. The van der Waals surface area contributed by atoms with Gasteiger partial charge in [-0.1, -0.05) is 24.3 Å². The lowest BCUT2D eigenvalue weighted by molar-refractivity contribution is 0.170. The van der Waals surface area contributed by atoms with Crippen LogP contribution in [0.5, 0.6) is 0 Å². The molecule has 0 atom stereocenters. The Labute approximate surface area is 150 Å². The van der Waals surface area contributed by atoms with Gasteiger partial charge in [-0.05, 0) is 59.4 Å². The van der Waals surface area contributed by atoms with Gasteiger partial charge in [0.15, 0.2) is 0 Å². The molecule has 0 aliphatic heterocycles. The van der Waals surface area contributed by atoms with Crippen LogP contribution in [0.25, 0.3) is 11.1 Å². The van der Waals surface area contributed by atoms with Crippen molar-refractivity contribution >= 4 is 21.2 Å². The summed E-state index contributed by atoms with van der Waals surface area (Å²) in [6.07, 6.45) is 0.374. The molecule has 0 aromatic heterocycles. The zero-order valence-corrected chi connectivity index (χ0v) is 14.7. The summed E-state index contributed by atoms with van der Waals surface area (Å²) in [5, 5.41) is 5.10. The number of hydrogen-bond acceptors (Lipinski definition) is 2. The molecule has 0 bridgehead atoms. The molecule has 0 radical (unpaired) electrons. The summed E-state index contributed by atoms with van der Waals surface area (Å²) in [5.74, 6) is -0.395. The maximum Gasteiger partial charge on any atom is 0.238 e. The first-order chi connectivity index (χ1) is 12.3. The number of primary sulfonamides is 1. The number of allylic oxidation sites excluding steroid dienone is 2. The third kappa shape index (κ3) is 3.54. The Morgan fingerprint density at radius 3 is 1.65 bits per heavy atom. The second kappa shape index (κ2) is 6.89. The lowest BCUT2D eigenvalue weighted by Gasteiger charge is -2.22. The number of sulfonamides is 1. The molecule has 0 fully saturated rings. The van der Waals surface area contributed by atoms with E-state index >= 15 is 0 Å². The first-order valence-corrected chi connectivity index (χ1v) is 9.56. The van der Waals surface area contributed by atoms with Gasteiger partial charge < -0.3 is 0 Å². The maximum absolute atomic E-state index is 13.6. The van der Waals surface area contributed by atoms with Crippen molar-refractivity contribution in [2.75, 3.05) is 13.3 Å². The average molecular weight is 381 g/mol. The molecule has 2 aromatic rings. The monoisotopic (exact) mass is 381 g/mol. The number of benzene rings is 2. The minimum absolute atomic E-state index is 0.0366. The molecule has 3 rings (SSSR count). The van der Waals surface area contributed by atoms with Crippen molar-refractivity contribution in [1.29, 1.82) is 0 Å². The zero-order chi connectivity index (χ0) is 18.9. The molecule has 7 heteroatoms. The molecule has 26 heavy (non-hydrogen) atoms. The van der Waals surface area contributed by atoms with Gasteiger partial charge in [0.1, 0.15) is 5.82 Å². The van der Waals surface area contributed by atoms with Gasteiger partial charge in [-0.3, -0.25) is 8.78 Å². The fourth-order valence-electron chi connectivity index (χ4n) is 3.30. The van der Waals surface area contributed by atoms with Crippen molar-refractivity contribution < 1.29 is 21.6 Å². The summed E-state index contributed by atoms with van der Waals surface area (Å²) in [4.78, 5) is -0.0366. The van der Waals surface area contributed by atoms with Crippen LogP contribution in [0.1, 0.15) is 24.0 Å². The molecule has 1 aliphatic carbocycles. The summed E-state index contributed by atoms with van der Waals surface area (Å²) in [6, 6.07) is 11.6. The van der Waals surface area contributed by atoms with Crippen LogP contribution in [-0.2, 0) is 10.0 Å². The van der Waals surface area contributed by atoms with Crippen LogP contribution in [-0.4, -0.2) is 21.8 Å². The van der Waals surface area contributed by atoms with Crippen molar-refractivity contribution in [3.8, 4) is 0 Å². The van der Waals surface area contributed by atoms with Gasteiger partial charge in [-0.25, -0.2) is 17.9 Å². The van der Waals surface area contributed by atoms with E-state index in [1.165, 1.54) is 24.3 Å². The average Bonchev–Trinajstić information content (AvgIpc) is 3.02. The smallest absolute Gasteiger partial charge is 0.238 e. The molecular formula is C19H18F3NO2S. The van der Waals surface area contributed by atoms with Crippen LogP contribution in [0.3, 0.4) is 0 Å². The summed E-state index contributed by atoms with van der Waals surface area (Å²) in [7, 11) is -3.82. The third-order valence-electron chi connectivity index (χ3n) is 4.76. The van der Waals surface area contributed by atoms with E-state index in [0.717, 1.165) is 11.1 Å². The zero-order valence-electron chi connectivity index (χ0n) is 13.9. The first kappa shape index (κ1) is 18.7. The van der Waals surface area contributed by atoms with E-state index in [9.17, 15) is 21.6 Å². The summed E-state index contributed by atoms with van der Waals surface area (Å²) in [6.45, 7) is -1.63. The quantitative estimate of drug-likeness (QED) is 0.848. The topological polar surface area (TPSA) is 60.2 Å². The van der Waals surface area contributed by atoms with E-state index in [4.69, 9.17) is 5.14 Å². The van der Waals surface area contributed by atoms with E-state index < -0.39 is 34.6 Å².